The molecule has 2 aliphatic heterocycles. The van der Waals surface area contributed by atoms with Crippen molar-refractivity contribution in [2.24, 2.45) is 17.8 Å². The van der Waals surface area contributed by atoms with Crippen molar-refractivity contribution < 1.29 is 9.13 Å². The summed E-state index contributed by atoms with van der Waals surface area (Å²) in [5, 5.41) is 4.00. The van der Waals surface area contributed by atoms with E-state index in [4.69, 9.17) is 16.3 Å². The standard InChI is InChI=1S/C23H28ClFN4O/c24-22-2-1-19(25)9-21(22)18-10-26-23(27-11-18)28-20-7-16-13-29(14-17(16)8-20)12-15-3-5-30-6-4-15/h1-2,9-11,15-17,20H,3-8,12-14H2,(H,26,27,28)/t16-,17+,20?. The van der Waals surface area contributed by atoms with Crippen LogP contribution in [0.1, 0.15) is 25.7 Å². The fraction of sp³-hybridized carbons (Fsp3) is 0.565. The highest BCUT2D eigenvalue weighted by Crippen LogP contribution is 2.39. The second kappa shape index (κ2) is 8.77. The summed E-state index contributed by atoms with van der Waals surface area (Å²) < 4.78 is 19.0. The van der Waals surface area contributed by atoms with Crippen molar-refractivity contribution in [1.82, 2.24) is 14.9 Å². The summed E-state index contributed by atoms with van der Waals surface area (Å²) in [6.45, 7) is 5.54. The first-order chi connectivity index (χ1) is 14.6. The number of benzene rings is 1. The largest absolute Gasteiger partial charge is 0.381 e. The Bertz CT molecular complexity index is 860. The van der Waals surface area contributed by atoms with Crippen LogP contribution in [0.15, 0.2) is 30.6 Å². The lowest BCUT2D eigenvalue weighted by Crippen LogP contribution is -2.32. The Labute approximate surface area is 182 Å². The highest BCUT2D eigenvalue weighted by Gasteiger charge is 2.41. The number of hydrogen-bond donors (Lipinski definition) is 1. The van der Waals surface area contributed by atoms with E-state index in [1.165, 1.54) is 57.5 Å². The minimum atomic E-state index is -0.319. The number of nitrogens with zero attached hydrogens (tertiary/aromatic N) is 3. The maximum Gasteiger partial charge on any atom is 0.222 e. The van der Waals surface area contributed by atoms with Crippen LogP contribution >= 0.6 is 11.6 Å². The van der Waals surface area contributed by atoms with Gasteiger partial charge in [-0.3, -0.25) is 0 Å². The van der Waals surface area contributed by atoms with Crippen LogP contribution in [-0.4, -0.2) is 53.8 Å². The molecule has 1 aliphatic carbocycles. The summed E-state index contributed by atoms with van der Waals surface area (Å²) in [6, 6.07) is 4.75. The van der Waals surface area contributed by atoms with Gasteiger partial charge in [0.05, 0.1) is 0 Å². The molecule has 2 aromatic rings. The summed E-state index contributed by atoms with van der Waals surface area (Å²) in [6.07, 6.45) is 8.20. The molecule has 1 saturated carbocycles. The zero-order valence-corrected chi connectivity index (χ0v) is 17.8. The molecule has 1 aromatic carbocycles. The number of rotatable bonds is 5. The maximum atomic E-state index is 13.5. The van der Waals surface area contributed by atoms with Gasteiger partial charge >= 0.3 is 0 Å². The van der Waals surface area contributed by atoms with Gasteiger partial charge in [-0.15, -0.1) is 0 Å². The van der Waals surface area contributed by atoms with E-state index in [-0.39, 0.29) is 5.82 Å². The lowest BCUT2D eigenvalue weighted by Gasteiger charge is -2.27. The van der Waals surface area contributed by atoms with Crippen molar-refractivity contribution >= 4 is 17.5 Å². The number of nitrogens with one attached hydrogen (secondary N) is 1. The molecule has 5 rings (SSSR count). The van der Waals surface area contributed by atoms with E-state index in [2.05, 4.69) is 20.2 Å². The van der Waals surface area contributed by atoms with Crippen LogP contribution in [0, 0.1) is 23.6 Å². The summed E-state index contributed by atoms with van der Waals surface area (Å²) in [7, 11) is 0. The molecule has 7 heteroatoms. The van der Waals surface area contributed by atoms with Crippen molar-refractivity contribution in [3.63, 3.8) is 0 Å². The van der Waals surface area contributed by atoms with Crippen LogP contribution in [0.2, 0.25) is 5.02 Å². The number of fused-ring (bicyclic) bond motifs is 1. The molecule has 1 unspecified atom stereocenters. The zero-order chi connectivity index (χ0) is 20.5. The Kier molecular flexibility index (Phi) is 5.89. The summed E-state index contributed by atoms with van der Waals surface area (Å²) >= 11 is 6.19. The highest BCUT2D eigenvalue weighted by atomic mass is 35.5. The van der Waals surface area contributed by atoms with Crippen LogP contribution in [0.3, 0.4) is 0 Å². The topological polar surface area (TPSA) is 50.3 Å². The molecule has 1 N–H and O–H groups in total. The van der Waals surface area contributed by atoms with E-state index in [1.54, 1.807) is 18.5 Å². The van der Waals surface area contributed by atoms with E-state index in [9.17, 15) is 4.39 Å². The van der Waals surface area contributed by atoms with Gasteiger partial charge in [-0.25, -0.2) is 14.4 Å². The Balaban J connectivity index is 1.14. The van der Waals surface area contributed by atoms with Gasteiger partial charge in [-0.2, -0.15) is 0 Å². The van der Waals surface area contributed by atoms with Gasteiger partial charge < -0.3 is 15.0 Å². The Hall–Kier alpha value is -1.76. The molecule has 5 nitrogen and oxygen atoms in total. The SMILES string of the molecule is Fc1ccc(Cl)c(-c2cnc(NC3C[C@@H]4CN(CC5CCOCC5)C[C@@H]4C3)nc2)c1. The lowest BCUT2D eigenvalue weighted by molar-refractivity contribution is 0.0545. The molecule has 30 heavy (non-hydrogen) atoms. The van der Waals surface area contributed by atoms with Crippen molar-refractivity contribution in [1.29, 1.82) is 0 Å². The third kappa shape index (κ3) is 4.46. The normalized spacial score (nSPS) is 27.3. The van der Waals surface area contributed by atoms with E-state index in [0.717, 1.165) is 36.5 Å². The predicted octanol–water partition coefficient (Wildman–Crippen LogP) is 4.49. The minimum Gasteiger partial charge on any atom is -0.381 e. The van der Waals surface area contributed by atoms with Crippen LogP contribution in [-0.2, 0) is 4.74 Å². The zero-order valence-electron chi connectivity index (χ0n) is 17.1. The molecule has 0 bridgehead atoms. The second-order valence-electron chi connectivity index (χ2n) is 9.03. The van der Waals surface area contributed by atoms with Crippen LogP contribution in [0.4, 0.5) is 10.3 Å². The van der Waals surface area contributed by atoms with Gasteiger partial charge in [0, 0.05) is 67.4 Å². The van der Waals surface area contributed by atoms with Crippen LogP contribution in [0.25, 0.3) is 11.1 Å². The van der Waals surface area contributed by atoms with Gasteiger partial charge in [0.1, 0.15) is 5.82 Å². The number of aromatic nitrogens is 2. The first kappa shape index (κ1) is 20.2. The molecule has 0 spiro atoms. The van der Waals surface area contributed by atoms with Crippen LogP contribution < -0.4 is 5.32 Å². The minimum absolute atomic E-state index is 0.319. The van der Waals surface area contributed by atoms with Gasteiger partial charge in [0.2, 0.25) is 5.95 Å². The van der Waals surface area contributed by atoms with Crippen molar-refractivity contribution in [2.75, 3.05) is 38.2 Å². The lowest BCUT2D eigenvalue weighted by atomic mass is 10.00. The quantitative estimate of drug-likeness (QED) is 0.757. The molecule has 2 saturated heterocycles. The Morgan fingerprint density at radius 1 is 1.10 bits per heavy atom. The smallest absolute Gasteiger partial charge is 0.222 e. The third-order valence-electron chi connectivity index (χ3n) is 6.91. The number of anilines is 1. The monoisotopic (exact) mass is 430 g/mol. The molecular weight excluding hydrogens is 403 g/mol. The molecular formula is C23H28ClFN4O. The van der Waals surface area contributed by atoms with E-state index in [0.29, 0.717) is 22.6 Å². The van der Waals surface area contributed by atoms with Gasteiger partial charge in [-0.1, -0.05) is 11.6 Å². The molecule has 3 atom stereocenters. The summed E-state index contributed by atoms with van der Waals surface area (Å²) in [4.78, 5) is 11.6. The molecule has 3 heterocycles. The highest BCUT2D eigenvalue weighted by molar-refractivity contribution is 6.33. The molecule has 3 fully saturated rings. The first-order valence-corrected chi connectivity index (χ1v) is 11.4. The van der Waals surface area contributed by atoms with Crippen LogP contribution in [0.5, 0.6) is 0 Å². The number of halogens is 2. The molecule has 3 aliphatic rings. The summed E-state index contributed by atoms with van der Waals surface area (Å²) in [5.41, 5.74) is 1.33. The van der Waals surface area contributed by atoms with Crippen molar-refractivity contribution in [3.8, 4) is 11.1 Å². The number of ether oxygens (including phenoxy) is 1. The fourth-order valence-corrected chi connectivity index (χ4v) is 5.63. The van der Waals surface area contributed by atoms with Crippen molar-refractivity contribution in [3.05, 3.63) is 41.4 Å². The molecule has 0 radical (unpaired) electrons. The third-order valence-corrected chi connectivity index (χ3v) is 7.24. The first-order valence-electron chi connectivity index (χ1n) is 11.0. The average Bonchev–Trinajstić information content (AvgIpc) is 3.29. The molecule has 1 aromatic heterocycles. The number of likely N-dealkylation sites (tertiary alicyclic amines) is 1. The Morgan fingerprint density at radius 3 is 2.50 bits per heavy atom. The van der Waals surface area contributed by atoms with Gasteiger partial charge in [0.15, 0.2) is 0 Å². The van der Waals surface area contributed by atoms with Crippen molar-refractivity contribution in [2.45, 2.75) is 31.7 Å². The van der Waals surface area contributed by atoms with E-state index in [1.807, 2.05) is 0 Å². The molecule has 160 valence electrons. The summed E-state index contributed by atoms with van der Waals surface area (Å²) in [5.74, 6) is 2.67. The number of hydrogen-bond acceptors (Lipinski definition) is 5. The van der Waals surface area contributed by atoms with Gasteiger partial charge in [-0.05, 0) is 61.6 Å². The second-order valence-corrected chi connectivity index (χ2v) is 9.43. The van der Waals surface area contributed by atoms with E-state index >= 15 is 0 Å². The Morgan fingerprint density at radius 2 is 1.80 bits per heavy atom. The predicted molar refractivity (Wildman–Crippen MR) is 116 cm³/mol. The maximum absolute atomic E-state index is 13.5. The molecule has 0 amide bonds. The average molecular weight is 431 g/mol. The fourth-order valence-electron chi connectivity index (χ4n) is 5.40. The van der Waals surface area contributed by atoms with Gasteiger partial charge in [0.25, 0.3) is 0 Å². The van der Waals surface area contributed by atoms with E-state index < -0.39 is 0 Å².